The highest BCUT2D eigenvalue weighted by Gasteiger charge is 2.35. The molecule has 1 saturated heterocycles. The average Bonchev–Trinajstić information content (AvgIpc) is 3.06. The number of piperidine rings is 1. The molecular formula is C18H27N5O2. The van der Waals surface area contributed by atoms with Crippen molar-refractivity contribution >= 4 is 5.95 Å². The number of aliphatic hydroxyl groups is 1. The van der Waals surface area contributed by atoms with Crippen molar-refractivity contribution in [2.75, 3.05) is 31.7 Å². The maximum atomic E-state index is 9.60. The number of hydrogen-bond donors (Lipinski definition) is 1. The van der Waals surface area contributed by atoms with E-state index in [1.807, 2.05) is 4.68 Å². The number of anilines is 1. The molecule has 0 bridgehead atoms. The molecule has 7 heteroatoms. The highest BCUT2D eigenvalue weighted by atomic mass is 16.5. The van der Waals surface area contributed by atoms with Gasteiger partial charge < -0.3 is 14.7 Å². The monoisotopic (exact) mass is 345 g/mol. The van der Waals surface area contributed by atoms with Crippen LogP contribution in [0.4, 0.5) is 5.95 Å². The van der Waals surface area contributed by atoms with Crippen molar-refractivity contribution in [3.8, 4) is 0 Å². The van der Waals surface area contributed by atoms with Gasteiger partial charge in [0, 0.05) is 20.2 Å². The minimum Gasteiger partial charge on any atom is -0.393 e. The van der Waals surface area contributed by atoms with E-state index in [0.29, 0.717) is 6.54 Å². The molecule has 0 radical (unpaired) electrons. The quantitative estimate of drug-likeness (QED) is 0.887. The van der Waals surface area contributed by atoms with Crippen LogP contribution >= 0.6 is 0 Å². The fourth-order valence-electron chi connectivity index (χ4n) is 3.68. The number of rotatable bonds is 5. The van der Waals surface area contributed by atoms with Crippen molar-refractivity contribution in [2.45, 2.75) is 45.8 Å². The second kappa shape index (κ2) is 7.09. The first-order valence-electron chi connectivity index (χ1n) is 8.72. The molecule has 136 valence electrons. The van der Waals surface area contributed by atoms with E-state index in [9.17, 15) is 5.11 Å². The predicted molar refractivity (Wildman–Crippen MR) is 95.8 cm³/mol. The summed E-state index contributed by atoms with van der Waals surface area (Å²) in [6.07, 6.45) is 1.52. The smallest absolute Gasteiger partial charge is 0.245 e. The van der Waals surface area contributed by atoms with Gasteiger partial charge in [-0.1, -0.05) is 22.8 Å². The molecule has 2 aromatic rings. The van der Waals surface area contributed by atoms with Gasteiger partial charge in [0.2, 0.25) is 5.95 Å². The van der Waals surface area contributed by atoms with Crippen molar-refractivity contribution in [3.63, 3.8) is 0 Å². The van der Waals surface area contributed by atoms with Crippen molar-refractivity contribution in [2.24, 2.45) is 0 Å². The molecule has 1 N–H and O–H groups in total. The summed E-state index contributed by atoms with van der Waals surface area (Å²) in [5, 5.41) is 21.9. The van der Waals surface area contributed by atoms with E-state index < -0.39 is 5.60 Å². The van der Waals surface area contributed by atoms with Gasteiger partial charge in [-0.3, -0.25) is 0 Å². The molecule has 0 amide bonds. The normalized spacial score (nSPS) is 17.1. The molecule has 0 atom stereocenters. The van der Waals surface area contributed by atoms with Crippen molar-refractivity contribution < 1.29 is 9.84 Å². The highest BCUT2D eigenvalue weighted by molar-refractivity contribution is 5.39. The van der Waals surface area contributed by atoms with Gasteiger partial charge in [-0.2, -0.15) is 0 Å². The number of benzene rings is 1. The fourth-order valence-corrected chi connectivity index (χ4v) is 3.68. The van der Waals surface area contributed by atoms with Crippen LogP contribution in [0.2, 0.25) is 0 Å². The van der Waals surface area contributed by atoms with Crippen LogP contribution in [0.1, 0.15) is 35.1 Å². The molecule has 2 heterocycles. The second-order valence-electron chi connectivity index (χ2n) is 7.05. The number of ether oxygens (including phenoxy) is 1. The fraction of sp³-hybridized carbons (Fsp3) is 0.611. The lowest BCUT2D eigenvalue weighted by atomic mass is 9.92. The largest absolute Gasteiger partial charge is 0.393 e. The van der Waals surface area contributed by atoms with Crippen LogP contribution in [0.25, 0.3) is 0 Å². The molecule has 1 aromatic heterocycles. The molecule has 1 aliphatic heterocycles. The zero-order valence-electron chi connectivity index (χ0n) is 15.5. The minimum absolute atomic E-state index is 0.0457. The Morgan fingerprint density at radius 2 is 1.80 bits per heavy atom. The average molecular weight is 345 g/mol. The predicted octanol–water partition coefficient (Wildman–Crippen LogP) is 1.62. The third kappa shape index (κ3) is 3.52. The Balaban J connectivity index is 1.79. The second-order valence-corrected chi connectivity index (χ2v) is 7.05. The van der Waals surface area contributed by atoms with Crippen LogP contribution in [0, 0.1) is 20.8 Å². The van der Waals surface area contributed by atoms with Crippen LogP contribution in [0.15, 0.2) is 12.1 Å². The standard InChI is InChI=1S/C18H27N5O2/c1-13-9-14(2)16(15(3)10-13)11-23-17(19-20-21-23)22-7-5-18(12-24,25-4)6-8-22/h9-10,24H,5-8,11-12H2,1-4H3. The Kier molecular flexibility index (Phi) is 5.06. The maximum absolute atomic E-state index is 9.60. The topological polar surface area (TPSA) is 76.3 Å². The van der Waals surface area contributed by atoms with Crippen LogP contribution in [0.3, 0.4) is 0 Å². The van der Waals surface area contributed by atoms with Crippen molar-refractivity contribution in [1.82, 2.24) is 20.2 Å². The number of hydrogen-bond acceptors (Lipinski definition) is 6. The number of aryl methyl sites for hydroxylation is 3. The SMILES string of the molecule is COC1(CO)CCN(c2nnnn2Cc2c(C)cc(C)cc2C)CC1. The van der Waals surface area contributed by atoms with E-state index in [2.05, 4.69) is 53.3 Å². The first kappa shape index (κ1) is 17.8. The summed E-state index contributed by atoms with van der Waals surface area (Å²) < 4.78 is 7.39. The summed E-state index contributed by atoms with van der Waals surface area (Å²) in [5.74, 6) is 0.780. The van der Waals surface area contributed by atoms with E-state index in [1.165, 1.54) is 22.3 Å². The van der Waals surface area contributed by atoms with Gasteiger partial charge >= 0.3 is 0 Å². The Hall–Kier alpha value is -1.99. The number of aliphatic hydroxyl groups excluding tert-OH is 1. The number of aromatic nitrogens is 4. The van der Waals surface area contributed by atoms with Gasteiger partial charge in [0.25, 0.3) is 0 Å². The van der Waals surface area contributed by atoms with E-state index >= 15 is 0 Å². The molecule has 0 spiro atoms. The first-order chi connectivity index (χ1) is 12.0. The Bertz CT molecular complexity index is 706. The molecule has 7 nitrogen and oxygen atoms in total. The summed E-state index contributed by atoms with van der Waals surface area (Å²) in [4.78, 5) is 2.17. The lowest BCUT2D eigenvalue weighted by Crippen LogP contribution is -2.48. The van der Waals surface area contributed by atoms with Crippen LogP contribution in [-0.2, 0) is 11.3 Å². The molecule has 3 rings (SSSR count). The van der Waals surface area contributed by atoms with Crippen molar-refractivity contribution in [3.05, 3.63) is 34.4 Å². The van der Waals surface area contributed by atoms with Gasteiger partial charge in [-0.05, 0) is 60.7 Å². The van der Waals surface area contributed by atoms with Gasteiger partial charge in [0.05, 0.1) is 18.8 Å². The lowest BCUT2D eigenvalue weighted by molar-refractivity contribution is -0.0674. The third-order valence-electron chi connectivity index (χ3n) is 5.34. The van der Waals surface area contributed by atoms with Crippen molar-refractivity contribution in [1.29, 1.82) is 0 Å². The Labute approximate surface area is 148 Å². The Morgan fingerprint density at radius 3 is 2.36 bits per heavy atom. The maximum Gasteiger partial charge on any atom is 0.245 e. The van der Waals surface area contributed by atoms with Gasteiger partial charge in [0.1, 0.15) is 0 Å². The highest BCUT2D eigenvalue weighted by Crippen LogP contribution is 2.28. The van der Waals surface area contributed by atoms with E-state index in [-0.39, 0.29) is 6.61 Å². The molecule has 0 saturated carbocycles. The van der Waals surface area contributed by atoms with Crippen LogP contribution in [-0.4, -0.2) is 57.7 Å². The molecule has 25 heavy (non-hydrogen) atoms. The number of nitrogens with zero attached hydrogens (tertiary/aromatic N) is 5. The summed E-state index contributed by atoms with van der Waals surface area (Å²) >= 11 is 0. The Morgan fingerprint density at radius 1 is 1.16 bits per heavy atom. The van der Waals surface area contributed by atoms with E-state index in [1.54, 1.807) is 7.11 Å². The third-order valence-corrected chi connectivity index (χ3v) is 5.34. The molecule has 1 aliphatic rings. The van der Waals surface area contributed by atoms with E-state index in [0.717, 1.165) is 31.9 Å². The summed E-state index contributed by atoms with van der Waals surface area (Å²) in [6.45, 7) is 8.61. The van der Waals surface area contributed by atoms with Crippen LogP contribution < -0.4 is 4.90 Å². The lowest BCUT2D eigenvalue weighted by Gasteiger charge is -2.39. The van der Waals surface area contributed by atoms with Gasteiger partial charge in [-0.25, -0.2) is 4.68 Å². The summed E-state index contributed by atoms with van der Waals surface area (Å²) in [6, 6.07) is 4.39. The molecule has 1 aromatic carbocycles. The zero-order valence-corrected chi connectivity index (χ0v) is 15.5. The zero-order chi connectivity index (χ0) is 18.0. The van der Waals surface area contributed by atoms with Gasteiger partial charge in [0.15, 0.2) is 0 Å². The van der Waals surface area contributed by atoms with E-state index in [4.69, 9.17) is 4.74 Å². The summed E-state index contributed by atoms with van der Waals surface area (Å²) in [5.41, 5.74) is 4.62. The van der Waals surface area contributed by atoms with Crippen LogP contribution in [0.5, 0.6) is 0 Å². The molecular weight excluding hydrogens is 318 g/mol. The minimum atomic E-state index is -0.432. The molecule has 1 fully saturated rings. The summed E-state index contributed by atoms with van der Waals surface area (Å²) in [7, 11) is 1.67. The first-order valence-corrected chi connectivity index (χ1v) is 8.72. The number of tetrazole rings is 1. The number of methoxy groups -OCH3 is 1. The molecule has 0 aliphatic carbocycles. The van der Waals surface area contributed by atoms with Gasteiger partial charge in [-0.15, -0.1) is 0 Å². The molecule has 0 unspecified atom stereocenters.